The van der Waals surface area contributed by atoms with Gasteiger partial charge in [0, 0.05) is 39.4 Å². The number of fused-ring (bicyclic) bond motifs is 10. The molecule has 12 rings (SSSR count). The molecule has 3 aliphatic heterocycles. The van der Waals surface area contributed by atoms with Crippen LogP contribution in [0.5, 0.6) is 0 Å². The molecule has 0 amide bonds. The minimum absolute atomic E-state index is 0.684. The lowest BCUT2D eigenvalue weighted by molar-refractivity contribution is -0.967. The van der Waals surface area contributed by atoms with E-state index in [0.29, 0.717) is 0 Å². The van der Waals surface area contributed by atoms with Gasteiger partial charge >= 0.3 is 5.66 Å². The molecule has 0 saturated heterocycles. The lowest BCUT2D eigenvalue weighted by atomic mass is 9.79. The second-order valence-corrected chi connectivity index (χ2v) is 12.6. The molecule has 1 spiro atoms. The van der Waals surface area contributed by atoms with Gasteiger partial charge in [-0.05, 0) is 72.8 Å². The molecule has 7 heterocycles. The molecular weight excluding hydrogens is 562 g/mol. The van der Waals surface area contributed by atoms with Gasteiger partial charge in [-0.3, -0.25) is 0 Å². The van der Waals surface area contributed by atoms with E-state index >= 15 is 0 Å². The van der Waals surface area contributed by atoms with E-state index in [2.05, 4.69) is 175 Å². The van der Waals surface area contributed by atoms with Crippen LogP contribution < -0.4 is 14.0 Å². The van der Waals surface area contributed by atoms with E-state index in [0.717, 1.165) is 17.3 Å². The number of pyridine rings is 2. The number of aromatic nitrogens is 4. The second-order valence-electron chi connectivity index (χ2n) is 12.6. The van der Waals surface area contributed by atoms with Crippen molar-refractivity contribution in [1.82, 2.24) is 9.13 Å². The third-order valence-electron chi connectivity index (χ3n) is 10.7. The van der Waals surface area contributed by atoms with E-state index in [-0.39, 0.29) is 0 Å². The first kappa shape index (κ1) is 23.2. The first-order valence-electron chi connectivity index (χ1n) is 15.9. The fourth-order valence-corrected chi connectivity index (χ4v) is 9.12. The molecule has 0 N–H and O–H groups in total. The summed E-state index contributed by atoms with van der Waals surface area (Å²) in [4.78, 5) is 2.49. The van der Waals surface area contributed by atoms with Gasteiger partial charge in [0.2, 0.25) is 0 Å². The third kappa shape index (κ3) is 2.34. The summed E-state index contributed by atoms with van der Waals surface area (Å²) in [6.45, 7) is 0. The Bertz CT molecular complexity index is 2650. The van der Waals surface area contributed by atoms with Crippen molar-refractivity contribution in [3.05, 3.63) is 163 Å². The zero-order valence-electron chi connectivity index (χ0n) is 24.7. The number of nitrogens with zero attached hydrogens (tertiary/aromatic N) is 5. The lowest BCUT2D eigenvalue weighted by Gasteiger charge is -2.45. The minimum atomic E-state index is -0.684. The van der Waals surface area contributed by atoms with E-state index < -0.39 is 5.66 Å². The van der Waals surface area contributed by atoms with Crippen molar-refractivity contribution in [1.29, 1.82) is 0 Å². The average molecular weight is 588 g/mol. The van der Waals surface area contributed by atoms with Gasteiger partial charge in [0.25, 0.3) is 11.6 Å². The predicted octanol–water partition coefficient (Wildman–Crippen LogP) is 8.16. The quantitative estimate of drug-likeness (QED) is 0.178. The molecule has 4 aromatic heterocycles. The van der Waals surface area contributed by atoms with Crippen LogP contribution in [-0.2, 0) is 5.66 Å². The Labute approximate surface area is 263 Å². The van der Waals surface area contributed by atoms with E-state index in [1.54, 1.807) is 0 Å². The SMILES string of the molecule is c1ccc(N2c3ccc4c5ccccc5n5c4c3C3(c4c2ccc2c6ccccc6n(c42)-c2cccc[n+]23)[n+]2ccccc2-5)cc1. The highest BCUT2D eigenvalue weighted by Crippen LogP contribution is 2.58. The van der Waals surface area contributed by atoms with Crippen molar-refractivity contribution in [3.63, 3.8) is 0 Å². The molecule has 0 saturated carbocycles. The first-order chi connectivity index (χ1) is 22.9. The fraction of sp³-hybridized carbons (Fsp3) is 0.0244. The Morgan fingerprint density at radius 2 is 0.891 bits per heavy atom. The zero-order chi connectivity index (χ0) is 29.7. The van der Waals surface area contributed by atoms with E-state index in [9.17, 15) is 0 Å². The van der Waals surface area contributed by atoms with Gasteiger partial charge in [-0.15, -0.1) is 0 Å². The summed E-state index contributed by atoms with van der Waals surface area (Å²) in [5.41, 5.74) is 10.4. The molecule has 5 aromatic carbocycles. The maximum absolute atomic E-state index is 2.54. The number of hydrogen-bond acceptors (Lipinski definition) is 1. The Balaban J connectivity index is 1.44. The minimum Gasteiger partial charge on any atom is -0.309 e. The van der Waals surface area contributed by atoms with Crippen LogP contribution in [0.15, 0.2) is 152 Å². The van der Waals surface area contributed by atoms with E-state index in [4.69, 9.17) is 0 Å². The summed E-state index contributed by atoms with van der Waals surface area (Å²) in [6, 6.07) is 51.3. The van der Waals surface area contributed by atoms with Gasteiger partial charge in [0.1, 0.15) is 22.2 Å². The van der Waals surface area contributed by atoms with Gasteiger partial charge in [0.05, 0.1) is 23.8 Å². The molecule has 5 nitrogen and oxygen atoms in total. The van der Waals surface area contributed by atoms with Crippen LogP contribution in [0.25, 0.3) is 55.2 Å². The summed E-state index contributed by atoms with van der Waals surface area (Å²) in [5.74, 6) is 2.31. The van der Waals surface area contributed by atoms with Crippen LogP contribution in [0.2, 0.25) is 0 Å². The molecule has 0 fully saturated rings. The topological polar surface area (TPSA) is 20.9 Å². The molecule has 0 bridgehead atoms. The molecule has 0 atom stereocenters. The normalized spacial score (nSPS) is 14.7. The molecule has 46 heavy (non-hydrogen) atoms. The van der Waals surface area contributed by atoms with E-state index in [1.807, 2.05) is 0 Å². The first-order valence-corrected chi connectivity index (χ1v) is 15.9. The van der Waals surface area contributed by atoms with E-state index in [1.165, 1.54) is 66.1 Å². The van der Waals surface area contributed by atoms with Crippen LogP contribution in [0.1, 0.15) is 11.1 Å². The van der Waals surface area contributed by atoms with Crippen LogP contribution in [0.3, 0.4) is 0 Å². The van der Waals surface area contributed by atoms with Crippen LogP contribution >= 0.6 is 0 Å². The maximum atomic E-state index is 2.54. The molecule has 9 aromatic rings. The molecule has 0 aliphatic carbocycles. The number of hydrogen-bond donors (Lipinski definition) is 0. The summed E-state index contributed by atoms with van der Waals surface area (Å²) >= 11 is 0. The Hall–Kier alpha value is -6.20. The van der Waals surface area contributed by atoms with Gasteiger partial charge in [0.15, 0.2) is 11.0 Å². The molecule has 0 unspecified atom stereocenters. The summed E-state index contributed by atoms with van der Waals surface area (Å²) in [6.07, 6.45) is 4.58. The van der Waals surface area contributed by atoms with Crippen molar-refractivity contribution < 1.29 is 9.13 Å². The van der Waals surface area contributed by atoms with Crippen LogP contribution in [-0.4, -0.2) is 9.13 Å². The van der Waals surface area contributed by atoms with Crippen molar-refractivity contribution in [2.75, 3.05) is 4.90 Å². The molecule has 212 valence electrons. The van der Waals surface area contributed by atoms with Gasteiger partial charge in [-0.2, -0.15) is 18.3 Å². The average Bonchev–Trinajstić information content (AvgIpc) is 3.65. The smallest absolute Gasteiger partial charge is 0.309 e. The highest BCUT2D eigenvalue weighted by atomic mass is 15.4. The maximum Gasteiger partial charge on any atom is 0.318 e. The zero-order valence-corrected chi connectivity index (χ0v) is 24.7. The van der Waals surface area contributed by atoms with Crippen molar-refractivity contribution in [2.45, 2.75) is 5.66 Å². The monoisotopic (exact) mass is 587 g/mol. The van der Waals surface area contributed by atoms with Crippen molar-refractivity contribution >= 4 is 60.7 Å². The number of benzene rings is 5. The highest BCUT2D eigenvalue weighted by Gasteiger charge is 2.64. The van der Waals surface area contributed by atoms with Gasteiger partial charge in [-0.25, -0.2) is 0 Å². The standard InChI is InChI=1S/C41H25N5/c1-2-12-26(13-3-1)44-33-22-20-29-27-14-4-6-16-31(27)45-35-18-8-10-24-42(35)41(37(33)39(29)45)38-34(44)23-21-30-28-15-5-7-17-32(28)46(40(30)38)36-19-9-11-25-43(36)41/h1-25H/q+2. The molecule has 3 aliphatic rings. The van der Waals surface area contributed by atoms with Crippen molar-refractivity contribution in [2.24, 2.45) is 0 Å². The second kappa shape index (κ2) is 7.71. The van der Waals surface area contributed by atoms with Crippen LogP contribution in [0.4, 0.5) is 17.1 Å². The number of rotatable bonds is 1. The number of para-hydroxylation sites is 3. The number of anilines is 3. The van der Waals surface area contributed by atoms with Crippen LogP contribution in [0, 0.1) is 0 Å². The molecule has 0 radical (unpaired) electrons. The Morgan fingerprint density at radius 1 is 0.413 bits per heavy atom. The van der Waals surface area contributed by atoms with Gasteiger partial charge < -0.3 is 4.90 Å². The Morgan fingerprint density at radius 3 is 1.43 bits per heavy atom. The molecular formula is C41H25N5+2. The predicted molar refractivity (Wildman–Crippen MR) is 182 cm³/mol. The molecule has 5 heteroatoms. The Kier molecular flexibility index (Phi) is 3.89. The summed E-state index contributed by atoms with van der Waals surface area (Å²) < 4.78 is 10.1. The van der Waals surface area contributed by atoms with Gasteiger partial charge in [-0.1, -0.05) is 54.6 Å². The summed E-state index contributed by atoms with van der Waals surface area (Å²) in [5, 5.41) is 5.09. The largest absolute Gasteiger partial charge is 0.318 e. The van der Waals surface area contributed by atoms with Crippen molar-refractivity contribution in [3.8, 4) is 11.6 Å². The highest BCUT2D eigenvalue weighted by molar-refractivity contribution is 6.16. The lowest BCUT2D eigenvalue weighted by Crippen LogP contribution is -2.79. The third-order valence-corrected chi connectivity index (χ3v) is 10.7. The fourth-order valence-electron chi connectivity index (χ4n) is 9.12. The summed E-state index contributed by atoms with van der Waals surface area (Å²) in [7, 11) is 0.